The number of benzene rings is 1. The highest BCUT2D eigenvalue weighted by Crippen LogP contribution is 2.29. The second-order valence-corrected chi connectivity index (χ2v) is 5.33. The lowest BCUT2D eigenvalue weighted by Crippen LogP contribution is -2.00. The van der Waals surface area contributed by atoms with Gasteiger partial charge in [-0.3, -0.25) is 4.68 Å². The van der Waals surface area contributed by atoms with E-state index in [0.717, 1.165) is 27.8 Å². The van der Waals surface area contributed by atoms with Crippen LogP contribution >= 0.6 is 15.9 Å². The largest absolute Gasteiger partial charge is 0.496 e. The summed E-state index contributed by atoms with van der Waals surface area (Å²) in [5.41, 5.74) is 2.02. The van der Waals surface area contributed by atoms with Crippen molar-refractivity contribution in [1.29, 1.82) is 0 Å². The van der Waals surface area contributed by atoms with Crippen molar-refractivity contribution < 1.29 is 9.84 Å². The molecule has 4 nitrogen and oxygen atoms in total. The maximum Gasteiger partial charge on any atom is 0.133 e. The Balaban J connectivity index is 1.99. The average Bonchev–Trinajstić information content (AvgIpc) is 2.81. The lowest BCUT2D eigenvalue weighted by atomic mass is 10.0. The molecule has 19 heavy (non-hydrogen) atoms. The predicted molar refractivity (Wildman–Crippen MR) is 77.2 cm³/mol. The van der Waals surface area contributed by atoms with Crippen molar-refractivity contribution in [1.82, 2.24) is 9.78 Å². The van der Waals surface area contributed by atoms with Gasteiger partial charge in [-0.2, -0.15) is 5.10 Å². The highest BCUT2D eigenvalue weighted by atomic mass is 79.9. The molecule has 0 spiro atoms. The Morgan fingerprint density at radius 1 is 1.47 bits per heavy atom. The van der Waals surface area contributed by atoms with Gasteiger partial charge in [-0.15, -0.1) is 0 Å². The minimum atomic E-state index is -0.484. The van der Waals surface area contributed by atoms with Crippen LogP contribution in [0.15, 0.2) is 35.1 Å². The molecule has 5 heteroatoms. The van der Waals surface area contributed by atoms with Crippen molar-refractivity contribution in [2.45, 2.75) is 18.9 Å². The SMILES string of the molecule is COc1ccc(C(O)CCc2cnn(C)c2)cc1Br. The summed E-state index contributed by atoms with van der Waals surface area (Å²) in [5, 5.41) is 14.3. The Labute approximate surface area is 121 Å². The molecule has 0 radical (unpaired) electrons. The number of aliphatic hydroxyl groups excluding tert-OH is 1. The summed E-state index contributed by atoms with van der Waals surface area (Å²) in [5.74, 6) is 0.767. The van der Waals surface area contributed by atoms with Gasteiger partial charge in [0, 0.05) is 13.2 Å². The van der Waals surface area contributed by atoms with Gasteiger partial charge >= 0.3 is 0 Å². The lowest BCUT2D eigenvalue weighted by molar-refractivity contribution is 0.167. The van der Waals surface area contributed by atoms with Gasteiger partial charge in [-0.25, -0.2) is 0 Å². The molecule has 1 aromatic heterocycles. The van der Waals surface area contributed by atoms with E-state index < -0.39 is 6.10 Å². The van der Waals surface area contributed by atoms with Gasteiger partial charge in [0.2, 0.25) is 0 Å². The van der Waals surface area contributed by atoms with Crippen LogP contribution in [0, 0.1) is 0 Å². The number of aliphatic hydroxyl groups is 1. The van der Waals surface area contributed by atoms with E-state index in [0.29, 0.717) is 6.42 Å². The van der Waals surface area contributed by atoms with Gasteiger partial charge < -0.3 is 9.84 Å². The fraction of sp³-hybridized carbons (Fsp3) is 0.357. The van der Waals surface area contributed by atoms with Gasteiger partial charge in [0.05, 0.1) is 23.9 Å². The minimum absolute atomic E-state index is 0.484. The predicted octanol–water partition coefficient (Wildman–Crippen LogP) is 2.86. The molecule has 1 atom stereocenters. The third kappa shape index (κ3) is 3.58. The zero-order valence-corrected chi connectivity index (χ0v) is 12.6. The van der Waals surface area contributed by atoms with Crippen LogP contribution in [0.5, 0.6) is 5.75 Å². The number of halogens is 1. The summed E-state index contributed by atoms with van der Waals surface area (Å²) < 4.78 is 7.80. The van der Waals surface area contributed by atoms with Crippen molar-refractivity contribution in [3.63, 3.8) is 0 Å². The Hall–Kier alpha value is -1.33. The first-order chi connectivity index (χ1) is 9.10. The first kappa shape index (κ1) is 14.1. The molecule has 1 N–H and O–H groups in total. The van der Waals surface area contributed by atoms with E-state index in [1.165, 1.54) is 0 Å². The monoisotopic (exact) mass is 324 g/mol. The average molecular weight is 325 g/mol. The summed E-state index contributed by atoms with van der Waals surface area (Å²) in [7, 11) is 3.51. The summed E-state index contributed by atoms with van der Waals surface area (Å²) in [6.07, 6.45) is 4.79. The zero-order chi connectivity index (χ0) is 13.8. The molecule has 2 aromatic rings. The minimum Gasteiger partial charge on any atom is -0.496 e. The van der Waals surface area contributed by atoms with Gasteiger partial charge in [0.15, 0.2) is 0 Å². The van der Waals surface area contributed by atoms with E-state index in [4.69, 9.17) is 4.74 Å². The van der Waals surface area contributed by atoms with Crippen molar-refractivity contribution in [3.05, 3.63) is 46.2 Å². The normalized spacial score (nSPS) is 12.4. The number of aromatic nitrogens is 2. The van der Waals surface area contributed by atoms with Crippen LogP contribution in [0.2, 0.25) is 0 Å². The van der Waals surface area contributed by atoms with Gasteiger partial charge in [0.25, 0.3) is 0 Å². The van der Waals surface area contributed by atoms with Gasteiger partial charge in [-0.05, 0) is 52.0 Å². The lowest BCUT2D eigenvalue weighted by Gasteiger charge is -2.12. The summed E-state index contributed by atoms with van der Waals surface area (Å²) in [4.78, 5) is 0. The third-order valence-electron chi connectivity index (χ3n) is 3.03. The van der Waals surface area contributed by atoms with Crippen LogP contribution in [-0.4, -0.2) is 22.0 Å². The molecule has 0 saturated carbocycles. The summed E-state index contributed by atoms with van der Waals surface area (Å²) >= 11 is 3.43. The van der Waals surface area contributed by atoms with E-state index in [-0.39, 0.29) is 0 Å². The fourth-order valence-corrected chi connectivity index (χ4v) is 2.52. The molecule has 1 aromatic carbocycles. The molecule has 1 heterocycles. The zero-order valence-electron chi connectivity index (χ0n) is 11.0. The second-order valence-electron chi connectivity index (χ2n) is 4.47. The Morgan fingerprint density at radius 2 is 2.26 bits per heavy atom. The quantitative estimate of drug-likeness (QED) is 0.919. The Kier molecular flexibility index (Phi) is 4.61. The van der Waals surface area contributed by atoms with E-state index in [1.807, 2.05) is 37.6 Å². The van der Waals surface area contributed by atoms with Crippen molar-refractivity contribution in [2.24, 2.45) is 7.05 Å². The summed E-state index contributed by atoms with van der Waals surface area (Å²) in [6, 6.07) is 5.64. The molecular formula is C14H17BrN2O2. The number of hydrogen-bond acceptors (Lipinski definition) is 3. The smallest absolute Gasteiger partial charge is 0.133 e. The molecule has 0 amide bonds. The molecule has 0 aliphatic heterocycles. The van der Waals surface area contributed by atoms with Crippen LogP contribution < -0.4 is 4.74 Å². The van der Waals surface area contributed by atoms with Crippen LogP contribution in [0.3, 0.4) is 0 Å². The molecule has 0 aliphatic rings. The van der Waals surface area contributed by atoms with Crippen LogP contribution in [-0.2, 0) is 13.5 Å². The highest BCUT2D eigenvalue weighted by molar-refractivity contribution is 9.10. The number of aryl methyl sites for hydroxylation is 2. The maximum absolute atomic E-state index is 10.2. The number of nitrogens with zero attached hydrogens (tertiary/aromatic N) is 2. The fourth-order valence-electron chi connectivity index (χ4n) is 1.96. The van der Waals surface area contributed by atoms with Crippen molar-refractivity contribution in [3.8, 4) is 5.75 Å². The maximum atomic E-state index is 10.2. The van der Waals surface area contributed by atoms with E-state index in [1.54, 1.807) is 11.8 Å². The second kappa shape index (κ2) is 6.21. The van der Waals surface area contributed by atoms with Crippen molar-refractivity contribution >= 4 is 15.9 Å². The van der Waals surface area contributed by atoms with Crippen LogP contribution in [0.25, 0.3) is 0 Å². The Morgan fingerprint density at radius 3 is 2.84 bits per heavy atom. The standard InChI is InChI=1S/C14H17BrN2O2/c1-17-9-10(8-16-17)3-5-13(18)11-4-6-14(19-2)12(15)7-11/h4,6-9,13,18H,3,5H2,1-2H3. The number of ether oxygens (including phenoxy) is 1. The number of methoxy groups -OCH3 is 1. The first-order valence-corrected chi connectivity index (χ1v) is 6.88. The number of rotatable bonds is 5. The molecule has 102 valence electrons. The molecule has 0 aliphatic carbocycles. The Bertz CT molecular complexity index is 554. The molecule has 2 rings (SSSR count). The van der Waals surface area contributed by atoms with E-state index in [2.05, 4.69) is 21.0 Å². The van der Waals surface area contributed by atoms with Crippen molar-refractivity contribution in [2.75, 3.05) is 7.11 Å². The highest BCUT2D eigenvalue weighted by Gasteiger charge is 2.10. The van der Waals surface area contributed by atoms with Gasteiger partial charge in [0.1, 0.15) is 5.75 Å². The molecule has 1 unspecified atom stereocenters. The summed E-state index contributed by atoms with van der Waals surface area (Å²) in [6.45, 7) is 0. The van der Waals surface area contributed by atoms with E-state index >= 15 is 0 Å². The third-order valence-corrected chi connectivity index (χ3v) is 3.65. The first-order valence-electron chi connectivity index (χ1n) is 6.09. The van der Waals surface area contributed by atoms with Crippen LogP contribution in [0.1, 0.15) is 23.7 Å². The molecule has 0 bridgehead atoms. The topological polar surface area (TPSA) is 47.3 Å². The van der Waals surface area contributed by atoms with Crippen LogP contribution in [0.4, 0.5) is 0 Å². The molecular weight excluding hydrogens is 308 g/mol. The number of hydrogen-bond donors (Lipinski definition) is 1. The van der Waals surface area contributed by atoms with E-state index in [9.17, 15) is 5.11 Å². The molecule has 0 saturated heterocycles. The van der Waals surface area contributed by atoms with Gasteiger partial charge in [-0.1, -0.05) is 6.07 Å². The molecule has 0 fully saturated rings.